The first-order valence-electron chi connectivity index (χ1n) is 18.3. The van der Waals surface area contributed by atoms with Crippen LogP contribution in [0.4, 0.5) is 0 Å². The molecule has 1 N–H and O–H groups in total. The van der Waals surface area contributed by atoms with Crippen molar-refractivity contribution in [1.82, 2.24) is 10.2 Å². The molecule has 0 saturated carbocycles. The number of rotatable bonds is 16. The first kappa shape index (κ1) is 41.9. The van der Waals surface area contributed by atoms with Crippen LogP contribution in [0.15, 0.2) is 70.2 Å². The Morgan fingerprint density at radius 3 is 2.62 bits per heavy atom. The van der Waals surface area contributed by atoms with Crippen LogP contribution in [0.25, 0.3) is 11.0 Å². The van der Waals surface area contributed by atoms with Crippen molar-refractivity contribution in [3.05, 3.63) is 98.7 Å². The van der Waals surface area contributed by atoms with Crippen LogP contribution in [0.3, 0.4) is 0 Å². The van der Waals surface area contributed by atoms with Gasteiger partial charge >= 0.3 is 11.9 Å². The maximum absolute atomic E-state index is 13.9. The zero-order valence-corrected chi connectivity index (χ0v) is 34.7. The fourth-order valence-corrected chi connectivity index (χ4v) is 11.1. The minimum atomic E-state index is -3.55. The number of carbonyl (C=O) groups excluding carboxylic acids is 4. The molecule has 0 radical (unpaired) electrons. The van der Waals surface area contributed by atoms with Gasteiger partial charge in [0.2, 0.25) is 0 Å². The predicted molar refractivity (Wildman–Crippen MR) is 219 cm³/mol. The Morgan fingerprint density at radius 1 is 1.02 bits per heavy atom. The van der Waals surface area contributed by atoms with Crippen LogP contribution in [0.1, 0.15) is 75.9 Å². The van der Waals surface area contributed by atoms with E-state index in [4.69, 9.17) is 37.1 Å². The zero-order valence-electron chi connectivity index (χ0n) is 30.7. The Balaban J connectivity index is 1.09. The Labute approximate surface area is 343 Å². The van der Waals surface area contributed by atoms with Crippen LogP contribution in [0.5, 0.6) is 0 Å². The van der Waals surface area contributed by atoms with E-state index < -0.39 is 27.8 Å². The Hall–Kier alpha value is -3.69. The largest absolute Gasteiger partial charge is 0.466 e. The van der Waals surface area contributed by atoms with Crippen molar-refractivity contribution >= 4 is 89.3 Å². The third kappa shape index (κ3) is 10.8. The van der Waals surface area contributed by atoms with Gasteiger partial charge in [-0.1, -0.05) is 69.4 Å². The molecule has 2 amide bonds. The lowest BCUT2D eigenvalue weighted by molar-refractivity contribution is -0.147. The van der Waals surface area contributed by atoms with Crippen molar-refractivity contribution in [2.24, 2.45) is 0 Å². The number of unbranched alkanes of at least 4 members (excludes halogenated alkanes) is 1. The Bertz CT molecular complexity index is 2210. The molecule has 1 aromatic heterocycles. The van der Waals surface area contributed by atoms with Gasteiger partial charge in [-0.05, 0) is 78.8 Å². The molecule has 3 aromatic carbocycles. The normalized spacial score (nSPS) is 16.0. The highest BCUT2D eigenvalue weighted by atomic mass is 35.5. The summed E-state index contributed by atoms with van der Waals surface area (Å²) in [4.78, 5) is 54.7. The van der Waals surface area contributed by atoms with Gasteiger partial charge in [-0.3, -0.25) is 14.4 Å². The molecule has 1 fully saturated rings. The van der Waals surface area contributed by atoms with Crippen LogP contribution in [0, 0.1) is 0 Å². The second kappa shape index (κ2) is 19.2. The third-order valence-corrected chi connectivity index (χ3v) is 14.5. The van der Waals surface area contributed by atoms with Crippen LogP contribution >= 0.6 is 44.8 Å². The van der Waals surface area contributed by atoms with E-state index in [1.54, 1.807) is 41.5 Å². The molecule has 2 aliphatic heterocycles. The molecule has 2 aliphatic rings. The molecule has 6 rings (SSSR count). The number of hydrogen-bond acceptors (Lipinski definition) is 11. The van der Waals surface area contributed by atoms with E-state index in [1.807, 2.05) is 33.7 Å². The maximum atomic E-state index is 13.9. The fraction of sp³-hybridized carbons (Fsp3) is 0.400. The molecule has 0 bridgehead atoms. The maximum Gasteiger partial charge on any atom is 0.328 e. The van der Waals surface area contributed by atoms with E-state index in [0.29, 0.717) is 52.5 Å². The Morgan fingerprint density at radius 2 is 1.84 bits per heavy atom. The number of nitrogens with one attached hydrogen (secondary N) is 1. The molecular formula is C40H42Cl2N2O9S3. The van der Waals surface area contributed by atoms with Crippen LogP contribution in [-0.2, 0) is 48.3 Å². The molecule has 2 atom stereocenters. The highest BCUT2D eigenvalue weighted by molar-refractivity contribution is 8.77. The lowest BCUT2D eigenvalue weighted by Crippen LogP contribution is -2.44. The smallest absolute Gasteiger partial charge is 0.328 e. The van der Waals surface area contributed by atoms with Crippen molar-refractivity contribution in [2.45, 2.75) is 74.1 Å². The minimum absolute atomic E-state index is 0.0296. The van der Waals surface area contributed by atoms with Crippen molar-refractivity contribution in [3.8, 4) is 0 Å². The molecule has 56 heavy (non-hydrogen) atoms. The summed E-state index contributed by atoms with van der Waals surface area (Å²) in [6.07, 6.45) is 7.52. The summed E-state index contributed by atoms with van der Waals surface area (Å²) < 4.78 is 40.8. The predicted octanol–water partition coefficient (Wildman–Crippen LogP) is 7.87. The van der Waals surface area contributed by atoms with E-state index in [2.05, 4.69) is 5.32 Å². The van der Waals surface area contributed by atoms with Crippen molar-refractivity contribution in [2.75, 3.05) is 31.8 Å². The van der Waals surface area contributed by atoms with Gasteiger partial charge in [-0.15, -0.1) is 0 Å². The number of nitrogens with zero attached hydrogens (tertiary/aromatic N) is 1. The average Bonchev–Trinajstić information content (AvgIpc) is 3.88. The van der Waals surface area contributed by atoms with E-state index in [0.717, 1.165) is 30.9 Å². The summed E-state index contributed by atoms with van der Waals surface area (Å²) in [5.41, 5.74) is 2.86. The first-order chi connectivity index (χ1) is 26.9. The van der Waals surface area contributed by atoms with Gasteiger partial charge in [0.05, 0.1) is 40.0 Å². The molecule has 3 heterocycles. The molecule has 1 saturated heterocycles. The van der Waals surface area contributed by atoms with Crippen molar-refractivity contribution in [1.29, 1.82) is 0 Å². The van der Waals surface area contributed by atoms with E-state index in [9.17, 15) is 27.6 Å². The van der Waals surface area contributed by atoms with Crippen LogP contribution in [0.2, 0.25) is 10.0 Å². The fourth-order valence-electron chi connectivity index (χ4n) is 6.66. The molecular weight excluding hydrogens is 820 g/mol. The van der Waals surface area contributed by atoms with Crippen LogP contribution in [-0.4, -0.2) is 80.1 Å². The number of fused-ring (bicyclic) bond motifs is 2. The number of esters is 2. The number of furan rings is 1. The summed E-state index contributed by atoms with van der Waals surface area (Å²) in [7, 11) is 0.272. The lowest BCUT2D eigenvalue weighted by Gasteiger charge is -2.30. The van der Waals surface area contributed by atoms with E-state index >= 15 is 0 Å². The molecule has 16 heteroatoms. The number of halogens is 2. The topological polar surface area (TPSA) is 149 Å². The number of benzene rings is 3. The first-order valence-corrected chi connectivity index (χ1v) is 23.4. The van der Waals surface area contributed by atoms with Gasteiger partial charge < -0.3 is 24.1 Å². The summed E-state index contributed by atoms with van der Waals surface area (Å²) >= 11 is 13.5. The molecule has 0 aliphatic carbocycles. The van der Waals surface area contributed by atoms with Crippen LogP contribution < -0.4 is 5.32 Å². The Kier molecular flexibility index (Phi) is 14.4. The second-order valence-electron chi connectivity index (χ2n) is 13.8. The number of sulfone groups is 1. The molecule has 4 aromatic rings. The van der Waals surface area contributed by atoms with Gasteiger partial charge in [0.25, 0.3) is 11.8 Å². The van der Waals surface area contributed by atoms with E-state index in [-0.39, 0.29) is 65.0 Å². The van der Waals surface area contributed by atoms with Crippen molar-refractivity contribution < 1.29 is 41.5 Å². The number of ether oxygens (including phenoxy) is 2. The molecule has 2 unspecified atom stereocenters. The zero-order chi connectivity index (χ0) is 39.8. The van der Waals surface area contributed by atoms with Gasteiger partial charge in [-0.2, -0.15) is 0 Å². The summed E-state index contributed by atoms with van der Waals surface area (Å²) in [5.74, 6) is -0.811. The van der Waals surface area contributed by atoms with Crippen molar-refractivity contribution in [3.63, 3.8) is 0 Å². The third-order valence-electron chi connectivity index (χ3n) is 9.66. The summed E-state index contributed by atoms with van der Waals surface area (Å²) in [5, 5.41) is 4.39. The van der Waals surface area contributed by atoms with Gasteiger partial charge in [0.15, 0.2) is 9.84 Å². The molecule has 11 nitrogen and oxygen atoms in total. The van der Waals surface area contributed by atoms with Gasteiger partial charge in [-0.25, -0.2) is 13.2 Å². The summed E-state index contributed by atoms with van der Waals surface area (Å²) in [6, 6.07) is 13.5. The minimum Gasteiger partial charge on any atom is -0.466 e. The number of hydrogen-bond donors (Lipinski definition) is 1. The second-order valence-corrected chi connectivity index (χ2v) is 19.4. The number of carbonyl (C=O) groups is 4. The van der Waals surface area contributed by atoms with Gasteiger partial charge in [0, 0.05) is 60.6 Å². The molecule has 298 valence electrons. The van der Waals surface area contributed by atoms with Gasteiger partial charge in [0.1, 0.15) is 11.6 Å². The van der Waals surface area contributed by atoms with E-state index in [1.165, 1.54) is 24.3 Å². The number of amides is 2. The summed E-state index contributed by atoms with van der Waals surface area (Å²) in [6.45, 7) is 0.538. The highest BCUT2D eigenvalue weighted by Gasteiger charge is 2.31. The standard InChI is InChI=1S/C40H42Cl2N2O9S3/c1-56(49,50)30-8-4-6-25(20-30)21-33(40(48)53-17-5-16-52-35(45)9-3-2-7-29-14-19-54-55-29)43-38(46)36-32(41)22-28-24-44(15-12-31(28)37(36)42)39(47)27-11-10-26-13-18-51-34(26)23-27/h4,6,8,10-11,13,18,20,22-23,29,33H,2-3,5,7,9,12,14-17,19,21,24H2,1H3,(H,43,46). The quantitative estimate of drug-likeness (QED) is 0.0667. The molecule has 0 spiro atoms. The average molecular weight is 862 g/mol. The monoisotopic (exact) mass is 860 g/mol. The highest BCUT2D eigenvalue weighted by Crippen LogP contribution is 2.40. The lowest BCUT2D eigenvalue weighted by atomic mass is 9.95. The SMILES string of the molecule is CS(=O)(=O)c1cccc(CC(NC(=O)c2c(Cl)cc3c(c2Cl)CCN(C(=O)c2ccc4ccoc4c2)C3)C(=O)OCCCOC(=O)CCCCC2CCSS2)c1.